The van der Waals surface area contributed by atoms with Gasteiger partial charge in [-0.3, -0.25) is 9.10 Å². The molecule has 0 radical (unpaired) electrons. The van der Waals surface area contributed by atoms with Gasteiger partial charge >= 0.3 is 0 Å². The number of sulfonamides is 1. The van der Waals surface area contributed by atoms with Crippen LogP contribution in [0.4, 0.5) is 5.69 Å². The van der Waals surface area contributed by atoms with Crippen LogP contribution in [0.25, 0.3) is 0 Å². The molecule has 0 aromatic heterocycles. The van der Waals surface area contributed by atoms with E-state index in [1.165, 1.54) is 4.31 Å². The van der Waals surface area contributed by atoms with Crippen molar-refractivity contribution in [2.45, 2.75) is 44.0 Å². The molecule has 2 aromatic carbocycles. The van der Waals surface area contributed by atoms with Crippen molar-refractivity contribution in [1.29, 1.82) is 0 Å². The number of nitrogens with zero attached hydrogens (tertiary/aromatic N) is 2. The molecule has 0 saturated carbocycles. The number of rotatable bonds is 3. The molecule has 2 unspecified atom stereocenters. The van der Waals surface area contributed by atoms with Gasteiger partial charge < -0.3 is 4.90 Å². The van der Waals surface area contributed by atoms with E-state index in [-0.39, 0.29) is 16.8 Å². The number of hydrogen-bond donors (Lipinski definition) is 0. The molecule has 1 fully saturated rings. The average Bonchev–Trinajstić information content (AvgIpc) is 3.04. The number of fused-ring (bicyclic) bond motifs is 1. The predicted octanol–water partition coefficient (Wildman–Crippen LogP) is 3.70. The normalized spacial score (nSPS) is 22.2. The van der Waals surface area contributed by atoms with Gasteiger partial charge in [0.1, 0.15) is 0 Å². The van der Waals surface area contributed by atoms with Crippen LogP contribution in [0.2, 0.25) is 0 Å². The van der Waals surface area contributed by atoms with Crippen molar-refractivity contribution in [3.8, 4) is 0 Å². The first-order valence-corrected chi connectivity index (χ1v) is 11.3. The molecule has 2 atom stereocenters. The first kappa shape index (κ1) is 19.0. The summed E-state index contributed by atoms with van der Waals surface area (Å²) in [4.78, 5) is 14.8. The van der Waals surface area contributed by atoms with Gasteiger partial charge in [0.05, 0.1) is 10.6 Å². The van der Waals surface area contributed by atoms with Gasteiger partial charge in [-0.2, -0.15) is 0 Å². The number of likely N-dealkylation sites (tertiary alicyclic amines) is 1. The Bertz CT molecular complexity index is 985. The van der Waals surface area contributed by atoms with Gasteiger partial charge in [-0.15, -0.1) is 0 Å². The van der Waals surface area contributed by atoms with Crippen molar-refractivity contribution in [1.82, 2.24) is 4.90 Å². The monoisotopic (exact) mass is 398 g/mol. The summed E-state index contributed by atoms with van der Waals surface area (Å²) in [6.07, 6.45) is 2.88. The summed E-state index contributed by atoms with van der Waals surface area (Å²) in [5, 5.41) is 0. The predicted molar refractivity (Wildman–Crippen MR) is 110 cm³/mol. The van der Waals surface area contributed by atoms with E-state index in [1.807, 2.05) is 36.1 Å². The fourth-order valence-electron chi connectivity index (χ4n) is 4.34. The Kier molecular flexibility index (Phi) is 4.91. The van der Waals surface area contributed by atoms with Crippen molar-refractivity contribution >= 4 is 21.6 Å². The Morgan fingerprint density at radius 2 is 1.75 bits per heavy atom. The van der Waals surface area contributed by atoms with E-state index in [0.29, 0.717) is 17.9 Å². The highest BCUT2D eigenvalue weighted by molar-refractivity contribution is 7.92. The summed E-state index contributed by atoms with van der Waals surface area (Å²) in [5.41, 5.74) is 2.34. The second-order valence-electron chi connectivity index (χ2n) is 8.01. The first-order valence-electron chi connectivity index (χ1n) is 9.89. The number of carbonyl (C=O) groups is 1. The Morgan fingerprint density at radius 1 is 1.04 bits per heavy atom. The molecule has 148 valence electrons. The van der Waals surface area contributed by atoms with E-state index in [9.17, 15) is 13.2 Å². The van der Waals surface area contributed by atoms with Crippen LogP contribution in [-0.4, -0.2) is 38.4 Å². The molecule has 2 aliphatic heterocycles. The lowest BCUT2D eigenvalue weighted by Crippen LogP contribution is -2.39. The lowest BCUT2D eigenvalue weighted by molar-refractivity contribution is 0.0683. The Balaban J connectivity index is 1.59. The van der Waals surface area contributed by atoms with Crippen molar-refractivity contribution in [3.05, 3.63) is 59.7 Å². The zero-order valence-electron chi connectivity index (χ0n) is 16.3. The maximum absolute atomic E-state index is 13.3. The summed E-state index contributed by atoms with van der Waals surface area (Å²) >= 11 is 0. The van der Waals surface area contributed by atoms with E-state index >= 15 is 0 Å². The van der Waals surface area contributed by atoms with Crippen LogP contribution in [-0.2, 0) is 16.4 Å². The minimum atomic E-state index is -3.67. The van der Waals surface area contributed by atoms with E-state index < -0.39 is 10.0 Å². The summed E-state index contributed by atoms with van der Waals surface area (Å²) in [6, 6.07) is 13.9. The second kappa shape index (κ2) is 7.24. The van der Waals surface area contributed by atoms with Crippen LogP contribution >= 0.6 is 0 Å². The summed E-state index contributed by atoms with van der Waals surface area (Å²) in [5.74, 6) is 0.490. The van der Waals surface area contributed by atoms with Crippen LogP contribution in [0.3, 0.4) is 0 Å². The molecule has 1 saturated heterocycles. The Labute approximate surface area is 167 Å². The molecule has 0 N–H and O–H groups in total. The van der Waals surface area contributed by atoms with Crippen molar-refractivity contribution < 1.29 is 13.2 Å². The number of para-hydroxylation sites is 1. The number of benzene rings is 2. The van der Waals surface area contributed by atoms with Crippen LogP contribution < -0.4 is 4.31 Å². The summed E-state index contributed by atoms with van der Waals surface area (Å²) < 4.78 is 28.0. The molecule has 6 heteroatoms. The number of piperidine rings is 1. The SMILES string of the molecule is CC1CCCN(C(=O)c2ccc(S(=O)(=O)N3c4ccccc4CC3C)cc2)C1. The molecule has 0 bridgehead atoms. The minimum Gasteiger partial charge on any atom is -0.338 e. The van der Waals surface area contributed by atoms with Gasteiger partial charge in [0.2, 0.25) is 0 Å². The molecule has 5 nitrogen and oxygen atoms in total. The highest BCUT2D eigenvalue weighted by atomic mass is 32.2. The molecule has 0 aliphatic carbocycles. The van der Waals surface area contributed by atoms with Crippen LogP contribution in [0.15, 0.2) is 53.4 Å². The van der Waals surface area contributed by atoms with Crippen molar-refractivity contribution in [2.24, 2.45) is 5.92 Å². The summed E-state index contributed by atoms with van der Waals surface area (Å²) in [7, 11) is -3.67. The Hall–Kier alpha value is -2.34. The third-order valence-corrected chi connectivity index (χ3v) is 7.69. The molecule has 2 aromatic rings. The van der Waals surface area contributed by atoms with Crippen LogP contribution in [0.1, 0.15) is 42.6 Å². The molecule has 2 aliphatic rings. The zero-order chi connectivity index (χ0) is 19.9. The number of amides is 1. The quantitative estimate of drug-likeness (QED) is 0.792. The number of anilines is 1. The van der Waals surface area contributed by atoms with E-state index in [2.05, 4.69) is 6.92 Å². The minimum absolute atomic E-state index is 0.0182. The van der Waals surface area contributed by atoms with Crippen LogP contribution in [0, 0.1) is 5.92 Å². The standard InChI is InChI=1S/C22H26N2O3S/c1-16-6-5-13-23(15-16)22(25)18-9-11-20(12-10-18)28(26,27)24-17(2)14-19-7-3-4-8-21(19)24/h3-4,7-12,16-17H,5-6,13-15H2,1-2H3. The van der Waals surface area contributed by atoms with Gasteiger partial charge in [-0.05, 0) is 68.0 Å². The maximum atomic E-state index is 13.3. The molecule has 4 rings (SSSR count). The molecule has 28 heavy (non-hydrogen) atoms. The largest absolute Gasteiger partial charge is 0.338 e. The average molecular weight is 399 g/mol. The second-order valence-corrected chi connectivity index (χ2v) is 9.82. The van der Waals surface area contributed by atoms with Gasteiger partial charge in [-0.1, -0.05) is 25.1 Å². The highest BCUT2D eigenvalue weighted by Gasteiger charge is 2.36. The lowest BCUT2D eigenvalue weighted by Gasteiger charge is -2.31. The molecular formula is C22H26N2O3S. The molecule has 2 heterocycles. The van der Waals surface area contributed by atoms with Gasteiger partial charge in [-0.25, -0.2) is 8.42 Å². The van der Waals surface area contributed by atoms with Gasteiger partial charge in [0.15, 0.2) is 0 Å². The molecular weight excluding hydrogens is 372 g/mol. The molecule has 0 spiro atoms. The van der Waals surface area contributed by atoms with E-state index in [1.54, 1.807) is 24.3 Å². The number of carbonyl (C=O) groups excluding carboxylic acids is 1. The van der Waals surface area contributed by atoms with Gasteiger partial charge in [0.25, 0.3) is 15.9 Å². The van der Waals surface area contributed by atoms with Gasteiger partial charge in [0, 0.05) is 24.7 Å². The van der Waals surface area contributed by atoms with E-state index in [0.717, 1.165) is 37.2 Å². The third-order valence-electron chi connectivity index (χ3n) is 5.75. The fourth-order valence-corrected chi connectivity index (χ4v) is 6.04. The third kappa shape index (κ3) is 3.30. The van der Waals surface area contributed by atoms with E-state index in [4.69, 9.17) is 0 Å². The Morgan fingerprint density at radius 3 is 2.46 bits per heavy atom. The topological polar surface area (TPSA) is 57.7 Å². The summed E-state index contributed by atoms with van der Waals surface area (Å²) in [6.45, 7) is 5.61. The lowest BCUT2D eigenvalue weighted by atomic mass is 9.99. The first-order chi connectivity index (χ1) is 13.4. The fraction of sp³-hybridized carbons (Fsp3) is 0.409. The van der Waals surface area contributed by atoms with Crippen molar-refractivity contribution in [2.75, 3.05) is 17.4 Å². The highest BCUT2D eigenvalue weighted by Crippen LogP contribution is 2.36. The maximum Gasteiger partial charge on any atom is 0.264 e. The van der Waals surface area contributed by atoms with Crippen molar-refractivity contribution in [3.63, 3.8) is 0 Å². The van der Waals surface area contributed by atoms with Crippen LogP contribution in [0.5, 0.6) is 0 Å². The smallest absolute Gasteiger partial charge is 0.264 e. The molecule has 1 amide bonds. The number of hydrogen-bond acceptors (Lipinski definition) is 3. The zero-order valence-corrected chi connectivity index (χ0v) is 17.2.